The Balaban J connectivity index is 2.83. The van der Waals surface area contributed by atoms with Gasteiger partial charge in [0.1, 0.15) is 6.54 Å². The summed E-state index contributed by atoms with van der Waals surface area (Å²) >= 11 is 4.03. The first-order chi connectivity index (χ1) is 9.04. The van der Waals surface area contributed by atoms with Gasteiger partial charge in [0, 0.05) is 11.7 Å². The average Bonchev–Trinajstić information content (AvgIpc) is 2.42. The number of carbonyl (C=O) groups is 2. The molecule has 0 aliphatic rings. The second kappa shape index (κ2) is 7.58. The third-order valence-electron chi connectivity index (χ3n) is 2.38. The van der Waals surface area contributed by atoms with Crippen LogP contribution in [0.5, 0.6) is 0 Å². The first-order valence-corrected chi connectivity index (χ1v) is 6.41. The third kappa shape index (κ3) is 5.13. The van der Waals surface area contributed by atoms with Gasteiger partial charge in [-0.3, -0.25) is 9.59 Å². The molecule has 0 radical (unpaired) electrons. The Bertz CT molecular complexity index is 462. The zero-order chi connectivity index (χ0) is 14.3. The van der Waals surface area contributed by atoms with Gasteiger partial charge in [0.2, 0.25) is 5.91 Å². The number of thiol groups is 1. The lowest BCUT2D eigenvalue weighted by Gasteiger charge is -2.18. The lowest BCUT2D eigenvalue weighted by Crippen LogP contribution is -2.35. The van der Waals surface area contributed by atoms with Crippen molar-refractivity contribution in [2.75, 3.05) is 12.3 Å². The molecule has 1 N–H and O–H groups in total. The number of carboxylic acids is 1. The van der Waals surface area contributed by atoms with Crippen molar-refractivity contribution >= 4 is 30.7 Å². The Morgan fingerprint density at radius 3 is 2.58 bits per heavy atom. The molecule has 6 heteroatoms. The minimum Gasteiger partial charge on any atom is -0.480 e. The first kappa shape index (κ1) is 15.2. The van der Waals surface area contributed by atoms with Crippen molar-refractivity contribution in [2.45, 2.75) is 6.92 Å². The highest BCUT2D eigenvalue weighted by Crippen LogP contribution is 2.05. The number of benzene rings is 1. The van der Waals surface area contributed by atoms with Crippen molar-refractivity contribution in [1.82, 2.24) is 5.01 Å². The Hall–Kier alpha value is -1.82. The molecule has 0 aliphatic carbocycles. The average molecular weight is 280 g/mol. The maximum atomic E-state index is 11.9. The molecule has 1 rings (SSSR count). The molecule has 0 aromatic heterocycles. The predicted molar refractivity (Wildman–Crippen MR) is 76.4 cm³/mol. The van der Waals surface area contributed by atoms with Crippen LogP contribution in [-0.2, 0) is 9.59 Å². The number of nitrogens with zero attached hydrogens (tertiary/aromatic N) is 2. The van der Waals surface area contributed by atoms with Crippen LogP contribution in [0.4, 0.5) is 0 Å². The Morgan fingerprint density at radius 1 is 1.42 bits per heavy atom. The lowest BCUT2D eigenvalue weighted by atomic mass is 10.2. The molecule has 0 spiro atoms. The Labute approximate surface area is 117 Å². The molecule has 1 aromatic carbocycles. The van der Waals surface area contributed by atoms with Crippen molar-refractivity contribution in [2.24, 2.45) is 11.0 Å². The van der Waals surface area contributed by atoms with E-state index in [0.29, 0.717) is 5.75 Å². The maximum absolute atomic E-state index is 11.9. The third-order valence-corrected chi connectivity index (χ3v) is 2.93. The summed E-state index contributed by atoms with van der Waals surface area (Å²) in [7, 11) is 0. The van der Waals surface area contributed by atoms with Crippen LogP contribution in [0.25, 0.3) is 0 Å². The molecular formula is C13H16N2O3S. The summed E-state index contributed by atoms with van der Waals surface area (Å²) in [6.07, 6.45) is 1.46. The highest BCUT2D eigenvalue weighted by molar-refractivity contribution is 7.80. The number of rotatable bonds is 6. The topological polar surface area (TPSA) is 70.0 Å². The number of hydrogen-bond donors (Lipinski definition) is 2. The molecule has 0 saturated heterocycles. The quantitative estimate of drug-likeness (QED) is 0.471. The van der Waals surface area contributed by atoms with Crippen molar-refractivity contribution in [3.05, 3.63) is 35.9 Å². The van der Waals surface area contributed by atoms with Crippen LogP contribution in [-0.4, -0.2) is 40.5 Å². The summed E-state index contributed by atoms with van der Waals surface area (Å²) in [5.41, 5.74) is 0.796. The minimum absolute atomic E-state index is 0.343. The van der Waals surface area contributed by atoms with Gasteiger partial charge in [-0.2, -0.15) is 17.7 Å². The molecule has 19 heavy (non-hydrogen) atoms. The van der Waals surface area contributed by atoms with Gasteiger partial charge in [-0.05, 0) is 5.56 Å². The van der Waals surface area contributed by atoms with E-state index in [2.05, 4.69) is 17.7 Å². The van der Waals surface area contributed by atoms with Crippen LogP contribution in [0, 0.1) is 5.92 Å². The van der Waals surface area contributed by atoms with Crippen LogP contribution in [0.3, 0.4) is 0 Å². The smallest absolute Gasteiger partial charge is 0.325 e. The second-order valence-corrected chi connectivity index (χ2v) is 4.39. The lowest BCUT2D eigenvalue weighted by molar-refractivity contribution is -0.145. The van der Waals surface area contributed by atoms with Crippen LogP contribution < -0.4 is 0 Å². The largest absolute Gasteiger partial charge is 0.480 e. The number of carbonyl (C=O) groups excluding carboxylic acids is 1. The number of hydrazone groups is 1. The van der Waals surface area contributed by atoms with Crippen LogP contribution in [0.15, 0.2) is 35.4 Å². The number of amides is 1. The van der Waals surface area contributed by atoms with Gasteiger partial charge < -0.3 is 5.11 Å². The van der Waals surface area contributed by atoms with E-state index in [9.17, 15) is 9.59 Å². The molecule has 0 heterocycles. The Morgan fingerprint density at radius 2 is 2.05 bits per heavy atom. The summed E-state index contributed by atoms with van der Waals surface area (Å²) < 4.78 is 0. The van der Waals surface area contributed by atoms with Crippen LogP contribution in [0.2, 0.25) is 0 Å². The molecule has 5 nitrogen and oxygen atoms in total. The summed E-state index contributed by atoms with van der Waals surface area (Å²) in [5, 5.41) is 13.7. The second-order valence-electron chi connectivity index (χ2n) is 4.03. The highest BCUT2D eigenvalue weighted by atomic mass is 32.1. The van der Waals surface area contributed by atoms with Crippen LogP contribution >= 0.6 is 12.6 Å². The van der Waals surface area contributed by atoms with E-state index >= 15 is 0 Å². The number of hydrogen-bond acceptors (Lipinski definition) is 4. The van der Waals surface area contributed by atoms with E-state index in [4.69, 9.17) is 5.11 Å². The molecule has 102 valence electrons. The molecule has 0 saturated carbocycles. The van der Waals surface area contributed by atoms with E-state index in [1.807, 2.05) is 30.3 Å². The van der Waals surface area contributed by atoms with E-state index in [1.54, 1.807) is 6.92 Å². The molecule has 0 unspecified atom stereocenters. The van der Waals surface area contributed by atoms with Gasteiger partial charge in [-0.1, -0.05) is 37.3 Å². The summed E-state index contributed by atoms with van der Waals surface area (Å²) in [5.74, 6) is -1.50. The van der Waals surface area contributed by atoms with Gasteiger partial charge in [0.15, 0.2) is 0 Å². The summed E-state index contributed by atoms with van der Waals surface area (Å²) in [6.45, 7) is 1.22. The number of aliphatic carboxylic acids is 1. The van der Waals surface area contributed by atoms with Crippen molar-refractivity contribution in [3.63, 3.8) is 0 Å². The summed E-state index contributed by atoms with van der Waals surface area (Å²) in [4.78, 5) is 22.7. The molecular weight excluding hydrogens is 264 g/mol. The van der Waals surface area contributed by atoms with Gasteiger partial charge >= 0.3 is 5.97 Å². The highest BCUT2D eigenvalue weighted by Gasteiger charge is 2.20. The van der Waals surface area contributed by atoms with E-state index in [-0.39, 0.29) is 11.8 Å². The SMILES string of the molecule is C[C@H](CS)C(=O)N(CC(=O)O)/N=C/c1ccccc1. The molecule has 0 fully saturated rings. The van der Waals surface area contributed by atoms with Crippen molar-refractivity contribution in [3.8, 4) is 0 Å². The molecule has 0 bridgehead atoms. The van der Waals surface area contributed by atoms with Gasteiger partial charge in [0.05, 0.1) is 6.21 Å². The fourth-order valence-electron chi connectivity index (χ4n) is 1.31. The van der Waals surface area contributed by atoms with Gasteiger partial charge in [-0.15, -0.1) is 0 Å². The molecule has 1 aromatic rings. The monoisotopic (exact) mass is 280 g/mol. The number of carboxylic acid groups (broad SMARTS) is 1. The first-order valence-electron chi connectivity index (χ1n) is 5.77. The van der Waals surface area contributed by atoms with Crippen molar-refractivity contribution < 1.29 is 14.7 Å². The molecule has 0 aliphatic heterocycles. The fourth-order valence-corrected chi connectivity index (χ4v) is 1.47. The molecule has 1 atom stereocenters. The van der Waals surface area contributed by atoms with E-state index in [1.165, 1.54) is 6.21 Å². The van der Waals surface area contributed by atoms with Gasteiger partial charge in [-0.25, -0.2) is 5.01 Å². The predicted octanol–water partition coefficient (Wildman–Crippen LogP) is 1.50. The van der Waals surface area contributed by atoms with E-state index in [0.717, 1.165) is 10.6 Å². The maximum Gasteiger partial charge on any atom is 0.325 e. The zero-order valence-electron chi connectivity index (χ0n) is 10.6. The standard InChI is InChI=1S/C13H16N2O3S/c1-10(9-19)13(18)15(8-12(16)17)14-7-11-5-3-2-4-6-11/h2-7,10,19H,8-9H2,1H3,(H,16,17)/b14-7+/t10-/m1/s1. The molecule has 1 amide bonds. The summed E-state index contributed by atoms with van der Waals surface area (Å²) in [6, 6.07) is 9.16. The van der Waals surface area contributed by atoms with Gasteiger partial charge in [0.25, 0.3) is 0 Å². The minimum atomic E-state index is -1.11. The van der Waals surface area contributed by atoms with E-state index < -0.39 is 12.5 Å². The van der Waals surface area contributed by atoms with Crippen molar-refractivity contribution in [1.29, 1.82) is 0 Å². The van der Waals surface area contributed by atoms with Crippen LogP contribution in [0.1, 0.15) is 12.5 Å². The normalized spacial score (nSPS) is 12.3. The fraction of sp³-hybridized carbons (Fsp3) is 0.308. The zero-order valence-corrected chi connectivity index (χ0v) is 11.5. The Kier molecular flexibility index (Phi) is 6.08.